The van der Waals surface area contributed by atoms with Gasteiger partial charge < -0.3 is 4.42 Å². The van der Waals surface area contributed by atoms with Crippen molar-refractivity contribution in [3.8, 4) is 11.4 Å². The van der Waals surface area contributed by atoms with Crippen molar-refractivity contribution in [1.82, 2.24) is 20.2 Å². The summed E-state index contributed by atoms with van der Waals surface area (Å²) < 4.78 is 5.34. The maximum absolute atomic E-state index is 11.9. The van der Waals surface area contributed by atoms with Gasteiger partial charge in [0.1, 0.15) is 5.58 Å². The smallest absolute Gasteiger partial charge is 0.336 e. The highest BCUT2D eigenvalue weighted by Gasteiger charge is 2.11. The molecule has 0 saturated heterocycles. The number of aromatic nitrogens is 4. The Morgan fingerprint density at radius 3 is 2.50 bits per heavy atom. The predicted molar refractivity (Wildman–Crippen MR) is 99.1 cm³/mol. The van der Waals surface area contributed by atoms with E-state index < -0.39 is 0 Å². The number of aryl methyl sites for hydroxylation is 3. The standard InChI is InChI=1S/C20H18N4O2/c1-12-4-6-15(7-5-12)20-21-23-24(22-20)11-16-10-19(25)26-18-9-14(3)13(2)8-17(16)18/h4-10H,11H2,1-3H3. The van der Waals surface area contributed by atoms with Crippen LogP contribution in [0.15, 0.2) is 51.7 Å². The third-order valence-electron chi connectivity index (χ3n) is 4.52. The van der Waals surface area contributed by atoms with Gasteiger partial charge in [0.2, 0.25) is 5.82 Å². The average molecular weight is 346 g/mol. The fourth-order valence-corrected chi connectivity index (χ4v) is 2.89. The van der Waals surface area contributed by atoms with E-state index in [1.54, 1.807) is 0 Å². The fraction of sp³-hybridized carbons (Fsp3) is 0.200. The Balaban J connectivity index is 1.73. The monoisotopic (exact) mass is 346 g/mol. The van der Waals surface area contributed by atoms with Crippen LogP contribution < -0.4 is 5.63 Å². The molecule has 4 rings (SSSR count). The number of hydrogen-bond acceptors (Lipinski definition) is 5. The van der Waals surface area contributed by atoms with E-state index in [4.69, 9.17) is 4.42 Å². The van der Waals surface area contributed by atoms with Crippen molar-refractivity contribution in [2.24, 2.45) is 0 Å². The Morgan fingerprint density at radius 2 is 1.73 bits per heavy atom. The molecule has 0 aliphatic rings. The molecule has 0 radical (unpaired) electrons. The zero-order valence-electron chi connectivity index (χ0n) is 14.9. The summed E-state index contributed by atoms with van der Waals surface area (Å²) in [7, 11) is 0. The largest absolute Gasteiger partial charge is 0.423 e. The van der Waals surface area contributed by atoms with Crippen LogP contribution >= 0.6 is 0 Å². The number of nitrogens with zero attached hydrogens (tertiary/aromatic N) is 4. The molecule has 0 unspecified atom stereocenters. The summed E-state index contributed by atoms with van der Waals surface area (Å²) >= 11 is 0. The van der Waals surface area contributed by atoms with Gasteiger partial charge in [0.15, 0.2) is 0 Å². The topological polar surface area (TPSA) is 73.8 Å². The van der Waals surface area contributed by atoms with Crippen molar-refractivity contribution in [1.29, 1.82) is 0 Å². The van der Waals surface area contributed by atoms with E-state index in [0.29, 0.717) is 18.0 Å². The van der Waals surface area contributed by atoms with E-state index in [9.17, 15) is 4.79 Å². The summed E-state index contributed by atoms with van der Waals surface area (Å²) in [6, 6.07) is 13.4. The number of rotatable bonds is 3. The highest BCUT2D eigenvalue weighted by atomic mass is 16.4. The second kappa shape index (κ2) is 6.22. The van der Waals surface area contributed by atoms with Gasteiger partial charge in [-0.15, -0.1) is 10.2 Å². The number of benzene rings is 2. The molecule has 0 amide bonds. The zero-order chi connectivity index (χ0) is 18.3. The lowest BCUT2D eigenvalue weighted by molar-refractivity contribution is 0.545. The van der Waals surface area contributed by atoms with Crippen LogP contribution in [-0.2, 0) is 6.54 Å². The van der Waals surface area contributed by atoms with Gasteiger partial charge in [-0.2, -0.15) is 4.80 Å². The molecule has 0 bridgehead atoms. The molecule has 6 nitrogen and oxygen atoms in total. The van der Waals surface area contributed by atoms with Crippen LogP contribution in [0.25, 0.3) is 22.4 Å². The van der Waals surface area contributed by atoms with E-state index in [2.05, 4.69) is 15.4 Å². The molecular weight excluding hydrogens is 328 g/mol. The van der Waals surface area contributed by atoms with Gasteiger partial charge in [-0.25, -0.2) is 4.79 Å². The average Bonchev–Trinajstić information content (AvgIpc) is 3.06. The highest BCUT2D eigenvalue weighted by Crippen LogP contribution is 2.22. The molecule has 0 aliphatic carbocycles. The lowest BCUT2D eigenvalue weighted by atomic mass is 10.0. The van der Waals surface area contributed by atoms with E-state index in [1.165, 1.54) is 16.4 Å². The van der Waals surface area contributed by atoms with Crippen LogP contribution in [0.4, 0.5) is 0 Å². The van der Waals surface area contributed by atoms with Gasteiger partial charge in [0.25, 0.3) is 0 Å². The molecule has 130 valence electrons. The molecule has 4 aromatic rings. The summed E-state index contributed by atoms with van der Waals surface area (Å²) in [5, 5.41) is 13.6. The SMILES string of the molecule is Cc1ccc(-c2nnn(Cc3cc(=O)oc4cc(C)c(C)cc34)n2)cc1. The molecule has 0 aliphatic heterocycles. The summed E-state index contributed by atoms with van der Waals surface area (Å²) in [6.07, 6.45) is 0. The molecular formula is C20H18N4O2. The van der Waals surface area contributed by atoms with Gasteiger partial charge in [0, 0.05) is 17.0 Å². The van der Waals surface area contributed by atoms with Gasteiger partial charge in [-0.3, -0.25) is 0 Å². The summed E-state index contributed by atoms with van der Waals surface area (Å²) in [5.41, 5.74) is 5.31. The van der Waals surface area contributed by atoms with Crippen molar-refractivity contribution in [3.05, 3.63) is 75.1 Å². The molecule has 2 heterocycles. The van der Waals surface area contributed by atoms with Crippen molar-refractivity contribution in [3.63, 3.8) is 0 Å². The molecule has 0 saturated carbocycles. The summed E-state index contributed by atoms with van der Waals surface area (Å²) in [5.74, 6) is 0.560. The minimum atomic E-state index is -0.380. The minimum absolute atomic E-state index is 0.351. The third-order valence-corrected chi connectivity index (χ3v) is 4.52. The Hall–Kier alpha value is -3.28. The van der Waals surface area contributed by atoms with Gasteiger partial charge in [0.05, 0.1) is 6.54 Å². The Bertz CT molecular complexity index is 1160. The lowest BCUT2D eigenvalue weighted by Gasteiger charge is -2.07. The number of tetrazole rings is 1. The van der Waals surface area contributed by atoms with Crippen LogP contribution in [0, 0.1) is 20.8 Å². The van der Waals surface area contributed by atoms with Crippen LogP contribution in [0.5, 0.6) is 0 Å². The molecule has 26 heavy (non-hydrogen) atoms. The molecule has 0 atom stereocenters. The lowest BCUT2D eigenvalue weighted by Crippen LogP contribution is -2.08. The van der Waals surface area contributed by atoms with E-state index >= 15 is 0 Å². The van der Waals surface area contributed by atoms with Crippen molar-refractivity contribution in [2.45, 2.75) is 27.3 Å². The van der Waals surface area contributed by atoms with Gasteiger partial charge >= 0.3 is 5.63 Å². The molecule has 6 heteroatoms. The molecule has 2 aromatic carbocycles. The number of hydrogen-bond donors (Lipinski definition) is 0. The first-order chi connectivity index (χ1) is 12.5. The van der Waals surface area contributed by atoms with Crippen LogP contribution in [0.3, 0.4) is 0 Å². The normalized spacial score (nSPS) is 11.2. The molecule has 0 fully saturated rings. The molecule has 0 spiro atoms. The highest BCUT2D eigenvalue weighted by molar-refractivity contribution is 5.81. The molecule has 0 N–H and O–H groups in total. The quantitative estimate of drug-likeness (QED) is 0.531. The first kappa shape index (κ1) is 16.2. The Morgan fingerprint density at radius 1 is 1.00 bits per heavy atom. The summed E-state index contributed by atoms with van der Waals surface area (Å²) in [6.45, 7) is 6.41. The van der Waals surface area contributed by atoms with Crippen LogP contribution in [-0.4, -0.2) is 20.2 Å². The second-order valence-corrected chi connectivity index (χ2v) is 6.53. The Kier molecular flexibility index (Phi) is 3.88. The van der Waals surface area contributed by atoms with Gasteiger partial charge in [-0.05, 0) is 54.8 Å². The van der Waals surface area contributed by atoms with E-state index in [1.807, 2.05) is 57.2 Å². The maximum Gasteiger partial charge on any atom is 0.336 e. The predicted octanol–water partition coefficient (Wildman–Crippen LogP) is 3.42. The van der Waals surface area contributed by atoms with Crippen LogP contribution in [0.2, 0.25) is 0 Å². The third kappa shape index (κ3) is 3.01. The minimum Gasteiger partial charge on any atom is -0.423 e. The Labute approximate surface area is 150 Å². The van der Waals surface area contributed by atoms with E-state index in [-0.39, 0.29) is 5.63 Å². The first-order valence-electron chi connectivity index (χ1n) is 8.38. The van der Waals surface area contributed by atoms with Crippen LogP contribution in [0.1, 0.15) is 22.3 Å². The maximum atomic E-state index is 11.9. The summed E-state index contributed by atoms with van der Waals surface area (Å²) in [4.78, 5) is 13.4. The van der Waals surface area contributed by atoms with E-state index in [0.717, 1.165) is 27.6 Å². The van der Waals surface area contributed by atoms with Crippen molar-refractivity contribution >= 4 is 11.0 Å². The molecule has 2 aromatic heterocycles. The van der Waals surface area contributed by atoms with Crippen molar-refractivity contribution in [2.75, 3.05) is 0 Å². The second-order valence-electron chi connectivity index (χ2n) is 6.53. The number of fused-ring (bicyclic) bond motifs is 1. The fourth-order valence-electron chi connectivity index (χ4n) is 2.89. The first-order valence-corrected chi connectivity index (χ1v) is 8.38. The van der Waals surface area contributed by atoms with Gasteiger partial charge in [-0.1, -0.05) is 29.8 Å². The zero-order valence-corrected chi connectivity index (χ0v) is 14.9. The van der Waals surface area contributed by atoms with Crippen molar-refractivity contribution < 1.29 is 4.42 Å².